The molecule has 2 rings (SSSR count). The number of likely N-dealkylation sites (tertiary alicyclic amines) is 1. The zero-order valence-electron chi connectivity index (χ0n) is 10.9. The minimum atomic E-state index is -3.42. The SMILES string of the molecule is CS(=O)(=O)N1CCCCC1C(=O)N1CC(O)C(O)C1. The van der Waals surface area contributed by atoms with Crippen LogP contribution in [0.15, 0.2) is 0 Å². The van der Waals surface area contributed by atoms with Crippen LogP contribution in [0.2, 0.25) is 0 Å². The molecule has 2 fully saturated rings. The number of rotatable bonds is 2. The van der Waals surface area contributed by atoms with Crippen LogP contribution >= 0.6 is 0 Å². The van der Waals surface area contributed by atoms with Crippen LogP contribution in [-0.4, -0.2) is 77.9 Å². The number of carbonyl (C=O) groups is 1. The van der Waals surface area contributed by atoms with Crippen molar-refractivity contribution in [1.82, 2.24) is 9.21 Å². The Morgan fingerprint density at radius 1 is 1.16 bits per heavy atom. The number of sulfonamides is 1. The van der Waals surface area contributed by atoms with Gasteiger partial charge in [0.25, 0.3) is 0 Å². The molecule has 19 heavy (non-hydrogen) atoms. The average molecular weight is 292 g/mol. The van der Waals surface area contributed by atoms with Gasteiger partial charge in [0.15, 0.2) is 0 Å². The van der Waals surface area contributed by atoms with Crippen LogP contribution < -0.4 is 0 Å². The molecule has 2 aliphatic rings. The fraction of sp³-hybridized carbons (Fsp3) is 0.909. The minimum Gasteiger partial charge on any atom is -0.388 e. The molecule has 2 N–H and O–H groups in total. The van der Waals surface area contributed by atoms with E-state index in [1.807, 2.05) is 0 Å². The first kappa shape index (κ1) is 14.7. The summed E-state index contributed by atoms with van der Waals surface area (Å²) in [4.78, 5) is 13.7. The number of β-amino-alcohol motifs (C(OH)–C–C–N with tert-alkyl or cyclic N) is 2. The van der Waals surface area contributed by atoms with Crippen LogP contribution in [-0.2, 0) is 14.8 Å². The van der Waals surface area contributed by atoms with Gasteiger partial charge in [-0.1, -0.05) is 6.42 Å². The summed E-state index contributed by atoms with van der Waals surface area (Å²) in [5.74, 6) is -0.319. The topological polar surface area (TPSA) is 98.2 Å². The summed E-state index contributed by atoms with van der Waals surface area (Å²) in [5, 5.41) is 18.9. The van der Waals surface area contributed by atoms with E-state index in [1.165, 1.54) is 9.21 Å². The van der Waals surface area contributed by atoms with E-state index in [4.69, 9.17) is 0 Å². The second-order valence-corrected chi connectivity index (χ2v) is 7.20. The molecule has 8 heteroatoms. The van der Waals surface area contributed by atoms with E-state index in [9.17, 15) is 23.4 Å². The number of aliphatic hydroxyl groups is 2. The maximum absolute atomic E-state index is 12.3. The molecule has 3 unspecified atom stereocenters. The van der Waals surface area contributed by atoms with Crippen molar-refractivity contribution in [3.8, 4) is 0 Å². The van der Waals surface area contributed by atoms with E-state index in [0.717, 1.165) is 19.1 Å². The second-order valence-electron chi connectivity index (χ2n) is 5.26. The lowest BCUT2D eigenvalue weighted by Gasteiger charge is -2.34. The summed E-state index contributed by atoms with van der Waals surface area (Å²) in [7, 11) is -3.42. The standard InChI is InChI=1S/C11H20N2O5S/c1-19(17,18)13-5-3-2-4-8(13)11(16)12-6-9(14)10(15)7-12/h8-10,14-15H,2-7H2,1H3. The highest BCUT2D eigenvalue weighted by atomic mass is 32.2. The lowest BCUT2D eigenvalue weighted by Crippen LogP contribution is -2.52. The first-order valence-electron chi connectivity index (χ1n) is 6.42. The summed E-state index contributed by atoms with van der Waals surface area (Å²) in [6.07, 6.45) is 1.27. The molecule has 0 saturated carbocycles. The van der Waals surface area contributed by atoms with Crippen molar-refractivity contribution in [3.05, 3.63) is 0 Å². The third-order valence-corrected chi connectivity index (χ3v) is 5.02. The van der Waals surface area contributed by atoms with Crippen LogP contribution in [0.25, 0.3) is 0 Å². The highest BCUT2D eigenvalue weighted by Crippen LogP contribution is 2.23. The molecular formula is C11H20N2O5S. The van der Waals surface area contributed by atoms with Crippen molar-refractivity contribution in [2.45, 2.75) is 37.5 Å². The van der Waals surface area contributed by atoms with E-state index in [0.29, 0.717) is 13.0 Å². The number of aliphatic hydroxyl groups excluding tert-OH is 2. The summed E-state index contributed by atoms with van der Waals surface area (Å²) in [5.41, 5.74) is 0. The van der Waals surface area contributed by atoms with Crippen LogP contribution in [0.5, 0.6) is 0 Å². The van der Waals surface area contributed by atoms with Crippen LogP contribution in [0.4, 0.5) is 0 Å². The van der Waals surface area contributed by atoms with Crippen LogP contribution in [0, 0.1) is 0 Å². The van der Waals surface area contributed by atoms with Crippen molar-refractivity contribution in [3.63, 3.8) is 0 Å². The molecule has 7 nitrogen and oxygen atoms in total. The van der Waals surface area contributed by atoms with E-state index >= 15 is 0 Å². The number of hydrogen-bond donors (Lipinski definition) is 2. The highest BCUT2D eigenvalue weighted by Gasteiger charge is 2.40. The molecule has 0 aromatic heterocycles. The second kappa shape index (κ2) is 5.35. The van der Waals surface area contributed by atoms with Gasteiger partial charge in [0.05, 0.1) is 18.5 Å². The third-order valence-electron chi connectivity index (χ3n) is 3.74. The Balaban J connectivity index is 2.13. The third kappa shape index (κ3) is 3.07. The fourth-order valence-corrected chi connectivity index (χ4v) is 3.83. The zero-order chi connectivity index (χ0) is 14.2. The maximum atomic E-state index is 12.3. The molecule has 0 aromatic rings. The molecule has 0 aliphatic carbocycles. The molecule has 2 heterocycles. The molecule has 2 aliphatic heterocycles. The van der Waals surface area contributed by atoms with Gasteiger partial charge in [0, 0.05) is 19.6 Å². The first-order valence-corrected chi connectivity index (χ1v) is 8.27. The van der Waals surface area contributed by atoms with Gasteiger partial charge in [-0.15, -0.1) is 0 Å². The number of hydrogen-bond acceptors (Lipinski definition) is 5. The molecule has 0 bridgehead atoms. The number of amides is 1. The molecule has 0 radical (unpaired) electrons. The normalized spacial score (nSPS) is 33.6. The lowest BCUT2D eigenvalue weighted by molar-refractivity contribution is -0.135. The number of carbonyl (C=O) groups excluding carboxylic acids is 1. The van der Waals surface area contributed by atoms with E-state index in [2.05, 4.69) is 0 Å². The van der Waals surface area contributed by atoms with E-state index in [-0.39, 0.29) is 19.0 Å². The molecule has 1 amide bonds. The van der Waals surface area contributed by atoms with Crippen LogP contribution in [0.1, 0.15) is 19.3 Å². The summed E-state index contributed by atoms with van der Waals surface area (Å²) < 4.78 is 24.6. The summed E-state index contributed by atoms with van der Waals surface area (Å²) in [6, 6.07) is -0.693. The molecule has 0 spiro atoms. The Morgan fingerprint density at radius 2 is 1.74 bits per heavy atom. The van der Waals surface area contributed by atoms with E-state index < -0.39 is 28.3 Å². The van der Waals surface area contributed by atoms with E-state index in [1.54, 1.807) is 0 Å². The Bertz CT molecular complexity index is 442. The Labute approximate surface area is 112 Å². The molecular weight excluding hydrogens is 272 g/mol. The average Bonchev–Trinajstić information content (AvgIpc) is 2.68. The van der Waals surface area contributed by atoms with Gasteiger partial charge in [0.1, 0.15) is 6.04 Å². The first-order chi connectivity index (χ1) is 8.80. The van der Waals surface area contributed by atoms with Gasteiger partial charge in [-0.3, -0.25) is 4.79 Å². The van der Waals surface area contributed by atoms with Gasteiger partial charge in [-0.2, -0.15) is 4.31 Å². The summed E-state index contributed by atoms with van der Waals surface area (Å²) in [6.45, 7) is 0.483. The van der Waals surface area contributed by atoms with Gasteiger partial charge < -0.3 is 15.1 Å². The molecule has 0 aromatic carbocycles. The predicted molar refractivity (Wildman–Crippen MR) is 67.8 cm³/mol. The van der Waals surface area contributed by atoms with Gasteiger partial charge in [-0.25, -0.2) is 8.42 Å². The number of piperidine rings is 1. The van der Waals surface area contributed by atoms with Crippen molar-refractivity contribution in [1.29, 1.82) is 0 Å². The van der Waals surface area contributed by atoms with Crippen molar-refractivity contribution >= 4 is 15.9 Å². The monoisotopic (exact) mass is 292 g/mol. The fourth-order valence-electron chi connectivity index (χ4n) is 2.71. The predicted octanol–water partition coefficient (Wildman–Crippen LogP) is -1.64. The van der Waals surface area contributed by atoms with Gasteiger partial charge in [0.2, 0.25) is 15.9 Å². The van der Waals surface area contributed by atoms with Crippen molar-refractivity contribution in [2.75, 3.05) is 25.9 Å². The summed E-state index contributed by atoms with van der Waals surface area (Å²) >= 11 is 0. The Kier molecular flexibility index (Phi) is 4.14. The highest BCUT2D eigenvalue weighted by molar-refractivity contribution is 7.88. The van der Waals surface area contributed by atoms with Gasteiger partial charge >= 0.3 is 0 Å². The van der Waals surface area contributed by atoms with Crippen molar-refractivity contribution in [2.24, 2.45) is 0 Å². The largest absolute Gasteiger partial charge is 0.388 e. The minimum absolute atomic E-state index is 0.0636. The number of nitrogens with zero attached hydrogens (tertiary/aromatic N) is 2. The lowest BCUT2D eigenvalue weighted by atomic mass is 10.0. The maximum Gasteiger partial charge on any atom is 0.241 e. The Morgan fingerprint density at radius 3 is 2.26 bits per heavy atom. The molecule has 3 atom stereocenters. The smallest absolute Gasteiger partial charge is 0.241 e. The quantitative estimate of drug-likeness (QED) is 0.636. The van der Waals surface area contributed by atoms with Crippen molar-refractivity contribution < 1.29 is 23.4 Å². The zero-order valence-corrected chi connectivity index (χ0v) is 11.7. The molecule has 110 valence electrons. The molecule has 2 saturated heterocycles. The Hall–Kier alpha value is -0.700. The van der Waals surface area contributed by atoms with Crippen LogP contribution in [0.3, 0.4) is 0 Å². The van der Waals surface area contributed by atoms with Gasteiger partial charge in [-0.05, 0) is 12.8 Å².